The van der Waals surface area contributed by atoms with Crippen LogP contribution in [0.1, 0.15) is 41.6 Å². The van der Waals surface area contributed by atoms with E-state index in [4.69, 9.17) is 9.47 Å². The number of benzene rings is 2. The van der Waals surface area contributed by atoms with Crippen molar-refractivity contribution in [3.63, 3.8) is 0 Å². The Balaban J connectivity index is 1.55. The maximum atomic E-state index is 12.7. The summed E-state index contributed by atoms with van der Waals surface area (Å²) in [6.07, 6.45) is 5.16. The highest BCUT2D eigenvalue weighted by Gasteiger charge is 2.49. The molecular weight excluding hydrogens is 368 g/mol. The number of carbonyl (C=O) groups excluding carboxylic acids is 3. The molecule has 1 aliphatic carbocycles. The third kappa shape index (κ3) is 5.19. The van der Waals surface area contributed by atoms with Gasteiger partial charge < -0.3 is 9.47 Å². The molecule has 0 spiro atoms. The van der Waals surface area contributed by atoms with Crippen LogP contribution in [0.2, 0.25) is 0 Å². The minimum atomic E-state index is -1.21. The maximum absolute atomic E-state index is 12.7. The summed E-state index contributed by atoms with van der Waals surface area (Å²) in [6, 6.07) is 18.3. The van der Waals surface area contributed by atoms with Crippen molar-refractivity contribution in [2.75, 3.05) is 13.2 Å². The largest absolute Gasteiger partial charge is 0.462 e. The van der Waals surface area contributed by atoms with Gasteiger partial charge in [-0.1, -0.05) is 54.6 Å². The van der Waals surface area contributed by atoms with Crippen molar-refractivity contribution in [2.24, 2.45) is 5.41 Å². The lowest BCUT2D eigenvalue weighted by molar-refractivity contribution is -0.159. The summed E-state index contributed by atoms with van der Waals surface area (Å²) in [7, 11) is 0. The Labute approximate surface area is 170 Å². The van der Waals surface area contributed by atoms with E-state index in [0.717, 1.165) is 5.56 Å². The molecule has 0 amide bonds. The fourth-order valence-corrected chi connectivity index (χ4v) is 3.50. The second kappa shape index (κ2) is 9.82. The molecule has 1 atom stereocenters. The van der Waals surface area contributed by atoms with Crippen LogP contribution in [-0.4, -0.2) is 30.9 Å². The van der Waals surface area contributed by atoms with Gasteiger partial charge in [-0.25, -0.2) is 4.79 Å². The Hall–Kier alpha value is -3.21. The van der Waals surface area contributed by atoms with E-state index >= 15 is 0 Å². The second-order valence-corrected chi connectivity index (χ2v) is 7.02. The molecule has 1 fully saturated rings. The first-order chi connectivity index (χ1) is 14.1. The molecule has 5 heteroatoms. The lowest BCUT2D eigenvalue weighted by Gasteiger charge is -2.24. The number of esters is 2. The van der Waals surface area contributed by atoms with Crippen molar-refractivity contribution in [3.8, 4) is 0 Å². The van der Waals surface area contributed by atoms with E-state index in [1.54, 1.807) is 30.3 Å². The zero-order valence-electron chi connectivity index (χ0n) is 16.2. The summed E-state index contributed by atoms with van der Waals surface area (Å²) in [4.78, 5) is 37.3. The molecule has 150 valence electrons. The minimum Gasteiger partial charge on any atom is -0.462 e. The minimum absolute atomic E-state index is 0.00553. The lowest BCUT2D eigenvalue weighted by Crippen LogP contribution is -2.38. The second-order valence-electron chi connectivity index (χ2n) is 7.02. The smallest absolute Gasteiger partial charge is 0.338 e. The van der Waals surface area contributed by atoms with Crippen LogP contribution in [0.3, 0.4) is 0 Å². The number of hydrogen-bond acceptors (Lipinski definition) is 5. The first kappa shape index (κ1) is 20.5. The van der Waals surface area contributed by atoms with E-state index in [9.17, 15) is 14.4 Å². The van der Waals surface area contributed by atoms with Crippen LogP contribution in [0.4, 0.5) is 0 Å². The van der Waals surface area contributed by atoms with Crippen LogP contribution in [0.5, 0.6) is 0 Å². The van der Waals surface area contributed by atoms with Crippen molar-refractivity contribution < 1.29 is 23.9 Å². The third-order valence-electron chi connectivity index (χ3n) is 5.12. The molecule has 2 aromatic rings. The molecular formula is C24H24O5. The monoisotopic (exact) mass is 392 g/mol. The highest BCUT2D eigenvalue weighted by Crippen LogP contribution is 2.39. The van der Waals surface area contributed by atoms with Gasteiger partial charge in [-0.05, 0) is 36.6 Å². The molecule has 1 unspecified atom stereocenters. The predicted octanol–water partition coefficient (Wildman–Crippen LogP) is 4.23. The van der Waals surface area contributed by atoms with Gasteiger partial charge in [0.15, 0.2) is 0 Å². The molecule has 0 aromatic heterocycles. The highest BCUT2D eigenvalue weighted by molar-refractivity contribution is 6.05. The standard InChI is InChI=1S/C24H24O5/c25-21-14-7-15-24(21,16-18-28-22(26)20-12-5-2-6-13-20)23(27)29-17-8-11-19-9-3-1-4-10-19/h1-6,8-13H,7,14-18H2. The summed E-state index contributed by atoms with van der Waals surface area (Å²) in [5.41, 5.74) is 0.230. The van der Waals surface area contributed by atoms with E-state index in [-0.39, 0.29) is 25.4 Å². The number of ketones is 1. The first-order valence-corrected chi connectivity index (χ1v) is 9.76. The quantitative estimate of drug-likeness (QED) is 0.497. The number of Topliss-reactive ketones (excluding diaryl/α,β-unsaturated/α-hetero) is 1. The highest BCUT2D eigenvalue weighted by atomic mass is 16.5. The fraction of sp³-hybridized carbons (Fsp3) is 0.292. The van der Waals surface area contributed by atoms with E-state index < -0.39 is 17.4 Å². The number of ether oxygens (including phenoxy) is 2. The zero-order valence-corrected chi connectivity index (χ0v) is 16.2. The van der Waals surface area contributed by atoms with Crippen molar-refractivity contribution in [1.82, 2.24) is 0 Å². The van der Waals surface area contributed by atoms with Crippen LogP contribution >= 0.6 is 0 Å². The van der Waals surface area contributed by atoms with E-state index in [1.807, 2.05) is 42.5 Å². The van der Waals surface area contributed by atoms with E-state index in [0.29, 0.717) is 24.8 Å². The summed E-state index contributed by atoms with van der Waals surface area (Å²) in [5.74, 6) is -1.14. The fourth-order valence-electron chi connectivity index (χ4n) is 3.50. The molecule has 0 saturated heterocycles. The molecule has 2 aromatic carbocycles. The maximum Gasteiger partial charge on any atom is 0.338 e. The summed E-state index contributed by atoms with van der Waals surface area (Å²) in [6.45, 7) is 0.0843. The normalized spacial score (nSPS) is 18.7. The van der Waals surface area contributed by atoms with Crippen LogP contribution < -0.4 is 0 Å². The van der Waals surface area contributed by atoms with Crippen LogP contribution in [0.15, 0.2) is 66.7 Å². The molecule has 1 saturated carbocycles. The zero-order chi connectivity index (χ0) is 20.5. The van der Waals surface area contributed by atoms with Crippen molar-refractivity contribution >= 4 is 23.8 Å². The van der Waals surface area contributed by atoms with Gasteiger partial charge in [0, 0.05) is 12.8 Å². The molecule has 29 heavy (non-hydrogen) atoms. The van der Waals surface area contributed by atoms with Crippen LogP contribution in [-0.2, 0) is 19.1 Å². The van der Waals surface area contributed by atoms with Gasteiger partial charge in [0.2, 0.25) is 0 Å². The number of hydrogen-bond donors (Lipinski definition) is 0. The van der Waals surface area contributed by atoms with Gasteiger partial charge in [-0.15, -0.1) is 0 Å². The number of carbonyl (C=O) groups is 3. The van der Waals surface area contributed by atoms with Crippen molar-refractivity contribution in [2.45, 2.75) is 25.7 Å². The van der Waals surface area contributed by atoms with Gasteiger partial charge in [0.05, 0.1) is 12.2 Å². The van der Waals surface area contributed by atoms with E-state index in [2.05, 4.69) is 0 Å². The Bertz CT molecular complexity index is 873. The Morgan fingerprint density at radius 3 is 2.31 bits per heavy atom. The van der Waals surface area contributed by atoms with E-state index in [1.165, 1.54) is 0 Å². The summed E-state index contributed by atoms with van der Waals surface area (Å²) in [5, 5.41) is 0. The molecule has 0 aliphatic heterocycles. The van der Waals surface area contributed by atoms with Gasteiger partial charge >= 0.3 is 11.9 Å². The molecule has 0 N–H and O–H groups in total. The first-order valence-electron chi connectivity index (χ1n) is 9.76. The summed E-state index contributed by atoms with van der Waals surface area (Å²) < 4.78 is 10.7. The van der Waals surface area contributed by atoms with Gasteiger partial charge in [0.1, 0.15) is 17.8 Å². The average molecular weight is 392 g/mol. The Kier molecular flexibility index (Phi) is 6.95. The van der Waals surface area contributed by atoms with Gasteiger partial charge in [-0.2, -0.15) is 0 Å². The average Bonchev–Trinajstić information content (AvgIpc) is 3.13. The molecule has 5 nitrogen and oxygen atoms in total. The number of rotatable bonds is 8. The third-order valence-corrected chi connectivity index (χ3v) is 5.12. The topological polar surface area (TPSA) is 69.7 Å². The van der Waals surface area contributed by atoms with Gasteiger partial charge in [-0.3, -0.25) is 9.59 Å². The summed E-state index contributed by atoms with van der Waals surface area (Å²) >= 11 is 0. The van der Waals surface area contributed by atoms with Crippen molar-refractivity contribution in [3.05, 3.63) is 77.9 Å². The Morgan fingerprint density at radius 1 is 0.966 bits per heavy atom. The SMILES string of the molecule is O=C(OCCC1(C(=O)OCC=Cc2ccccc2)CCCC1=O)c1ccccc1. The van der Waals surface area contributed by atoms with Crippen LogP contribution in [0.25, 0.3) is 6.08 Å². The van der Waals surface area contributed by atoms with Gasteiger partial charge in [0.25, 0.3) is 0 Å². The molecule has 0 bridgehead atoms. The molecule has 0 heterocycles. The van der Waals surface area contributed by atoms with Crippen LogP contribution in [0, 0.1) is 5.41 Å². The molecule has 0 radical (unpaired) electrons. The lowest BCUT2D eigenvalue weighted by atomic mass is 9.82. The molecule has 3 rings (SSSR count). The Morgan fingerprint density at radius 2 is 1.66 bits per heavy atom. The van der Waals surface area contributed by atoms with Crippen molar-refractivity contribution in [1.29, 1.82) is 0 Å². The molecule has 1 aliphatic rings. The predicted molar refractivity (Wildman–Crippen MR) is 109 cm³/mol.